The Hall–Kier alpha value is -0.660. The molecule has 0 aliphatic rings. The van der Waals surface area contributed by atoms with Crippen LogP contribution >= 0.6 is 34.5 Å². The summed E-state index contributed by atoms with van der Waals surface area (Å²) in [5.41, 5.74) is 0.677. The third-order valence-electron chi connectivity index (χ3n) is 2.29. The molecule has 1 aromatic carbocycles. The van der Waals surface area contributed by atoms with Gasteiger partial charge in [0, 0.05) is 10.4 Å². The van der Waals surface area contributed by atoms with Crippen LogP contribution in [0.25, 0.3) is 0 Å². The predicted molar refractivity (Wildman–Crippen MR) is 77.3 cm³/mol. The normalized spacial score (nSPS) is 11.7. The zero-order valence-corrected chi connectivity index (χ0v) is 13.0. The van der Waals surface area contributed by atoms with E-state index in [4.69, 9.17) is 23.2 Å². The smallest absolute Gasteiger partial charge is 0.242 e. The average Bonchev–Trinajstić information content (AvgIpc) is 2.72. The lowest BCUT2D eigenvalue weighted by Gasteiger charge is -2.07. The molecule has 0 spiro atoms. The highest BCUT2D eigenvalue weighted by Gasteiger charge is 2.18. The van der Waals surface area contributed by atoms with Crippen molar-refractivity contribution in [3.63, 3.8) is 0 Å². The first-order chi connectivity index (χ1) is 8.88. The van der Waals surface area contributed by atoms with Crippen LogP contribution in [-0.4, -0.2) is 13.4 Å². The van der Waals surface area contributed by atoms with Crippen LogP contribution in [0.4, 0.5) is 0 Å². The van der Waals surface area contributed by atoms with Gasteiger partial charge in [-0.2, -0.15) is 0 Å². The van der Waals surface area contributed by atoms with E-state index in [1.54, 1.807) is 5.38 Å². The number of rotatable bonds is 4. The maximum atomic E-state index is 12.1. The maximum absolute atomic E-state index is 12.1. The molecule has 0 radical (unpaired) electrons. The number of thiazole rings is 1. The zero-order valence-electron chi connectivity index (χ0n) is 9.85. The van der Waals surface area contributed by atoms with E-state index in [2.05, 4.69) is 9.71 Å². The minimum Gasteiger partial charge on any atom is -0.245 e. The Morgan fingerprint density at radius 2 is 2.11 bits per heavy atom. The van der Waals surface area contributed by atoms with Gasteiger partial charge in [-0.15, -0.1) is 11.3 Å². The first-order valence-electron chi connectivity index (χ1n) is 5.24. The van der Waals surface area contributed by atoms with Crippen molar-refractivity contribution in [3.8, 4) is 0 Å². The van der Waals surface area contributed by atoms with E-state index < -0.39 is 10.0 Å². The molecule has 1 N–H and O–H groups in total. The quantitative estimate of drug-likeness (QED) is 0.932. The number of sulfonamides is 1. The minimum atomic E-state index is -3.67. The van der Waals surface area contributed by atoms with Gasteiger partial charge in [0.2, 0.25) is 10.0 Å². The fourth-order valence-corrected chi connectivity index (χ4v) is 3.81. The number of aromatic nitrogens is 1. The third-order valence-corrected chi connectivity index (χ3v) is 5.23. The molecule has 102 valence electrons. The molecule has 0 amide bonds. The lowest BCUT2D eigenvalue weighted by molar-refractivity contribution is 0.580. The molecular weight excluding hydrogens is 327 g/mol. The van der Waals surface area contributed by atoms with Crippen molar-refractivity contribution in [1.82, 2.24) is 9.71 Å². The fraction of sp³-hybridized carbons (Fsp3) is 0.182. The van der Waals surface area contributed by atoms with Crippen LogP contribution in [0.15, 0.2) is 28.5 Å². The van der Waals surface area contributed by atoms with Crippen LogP contribution in [-0.2, 0) is 16.6 Å². The molecule has 0 bridgehead atoms. The van der Waals surface area contributed by atoms with E-state index in [0.29, 0.717) is 10.7 Å². The molecule has 1 heterocycles. The third kappa shape index (κ3) is 3.67. The van der Waals surface area contributed by atoms with Crippen molar-refractivity contribution in [2.75, 3.05) is 0 Å². The number of nitrogens with one attached hydrogen (secondary N) is 1. The Morgan fingerprint density at radius 1 is 1.37 bits per heavy atom. The van der Waals surface area contributed by atoms with Gasteiger partial charge in [0.05, 0.1) is 22.3 Å². The molecule has 0 fully saturated rings. The Kier molecular flexibility index (Phi) is 4.47. The van der Waals surface area contributed by atoms with Crippen LogP contribution in [0.1, 0.15) is 10.7 Å². The zero-order chi connectivity index (χ0) is 14.0. The Balaban J connectivity index is 2.18. The molecule has 0 saturated heterocycles. The molecule has 2 aromatic rings. The lowest BCUT2D eigenvalue weighted by atomic mass is 10.4. The second-order valence-electron chi connectivity index (χ2n) is 3.76. The summed E-state index contributed by atoms with van der Waals surface area (Å²) in [5.74, 6) is 0. The van der Waals surface area contributed by atoms with E-state index in [1.165, 1.54) is 29.5 Å². The Labute approximate surface area is 125 Å². The summed E-state index contributed by atoms with van der Waals surface area (Å²) < 4.78 is 26.6. The number of halogens is 2. The van der Waals surface area contributed by atoms with Crippen LogP contribution < -0.4 is 4.72 Å². The summed E-state index contributed by atoms with van der Waals surface area (Å²) in [4.78, 5) is 4.19. The highest BCUT2D eigenvalue weighted by Crippen LogP contribution is 2.24. The van der Waals surface area contributed by atoms with Gasteiger partial charge in [0.1, 0.15) is 4.90 Å². The fourth-order valence-electron chi connectivity index (χ4n) is 1.43. The van der Waals surface area contributed by atoms with Gasteiger partial charge >= 0.3 is 0 Å². The Bertz CT molecular complexity index is 698. The first kappa shape index (κ1) is 14.7. The second-order valence-corrected chi connectivity index (χ2v) is 7.40. The van der Waals surface area contributed by atoms with E-state index in [9.17, 15) is 8.42 Å². The Morgan fingerprint density at radius 3 is 2.68 bits per heavy atom. The van der Waals surface area contributed by atoms with Gasteiger partial charge in [0.15, 0.2) is 0 Å². The van der Waals surface area contributed by atoms with Gasteiger partial charge in [0.25, 0.3) is 0 Å². The summed E-state index contributed by atoms with van der Waals surface area (Å²) in [5, 5.41) is 3.17. The van der Waals surface area contributed by atoms with Gasteiger partial charge in [-0.05, 0) is 25.1 Å². The highest BCUT2D eigenvalue weighted by atomic mass is 35.5. The molecule has 19 heavy (non-hydrogen) atoms. The monoisotopic (exact) mass is 336 g/mol. The number of hydrogen-bond donors (Lipinski definition) is 1. The van der Waals surface area contributed by atoms with Gasteiger partial charge in [-0.1, -0.05) is 23.2 Å². The van der Waals surface area contributed by atoms with Crippen molar-refractivity contribution >= 4 is 44.6 Å². The molecule has 8 heteroatoms. The van der Waals surface area contributed by atoms with Crippen LogP contribution in [0.5, 0.6) is 0 Å². The summed E-state index contributed by atoms with van der Waals surface area (Å²) in [7, 11) is -3.67. The van der Waals surface area contributed by atoms with Crippen molar-refractivity contribution in [2.24, 2.45) is 0 Å². The van der Waals surface area contributed by atoms with Crippen molar-refractivity contribution < 1.29 is 8.42 Å². The number of hydrogen-bond acceptors (Lipinski definition) is 4. The number of benzene rings is 1. The van der Waals surface area contributed by atoms with E-state index in [-0.39, 0.29) is 16.5 Å². The van der Waals surface area contributed by atoms with E-state index >= 15 is 0 Å². The van der Waals surface area contributed by atoms with Gasteiger partial charge in [-0.3, -0.25) is 0 Å². The molecule has 0 atom stereocenters. The molecule has 0 aliphatic carbocycles. The summed E-state index contributed by atoms with van der Waals surface area (Å²) in [6, 6.07) is 4.25. The molecule has 0 saturated carbocycles. The van der Waals surface area contributed by atoms with Crippen LogP contribution in [0.3, 0.4) is 0 Å². The molecular formula is C11H10Cl2N2O2S2. The van der Waals surface area contributed by atoms with E-state index in [1.807, 2.05) is 6.92 Å². The predicted octanol–water partition coefficient (Wildman–Crippen LogP) is 3.24. The SMILES string of the molecule is Cc1nc(CNS(=O)(=O)c2ccc(Cl)cc2Cl)cs1. The van der Waals surface area contributed by atoms with Crippen molar-refractivity contribution in [1.29, 1.82) is 0 Å². The van der Waals surface area contributed by atoms with E-state index in [0.717, 1.165) is 5.01 Å². The largest absolute Gasteiger partial charge is 0.245 e. The summed E-state index contributed by atoms with van der Waals surface area (Å²) in [6.07, 6.45) is 0. The van der Waals surface area contributed by atoms with Crippen LogP contribution in [0, 0.1) is 6.92 Å². The number of aryl methyl sites for hydroxylation is 1. The topological polar surface area (TPSA) is 59.1 Å². The van der Waals surface area contributed by atoms with Crippen molar-refractivity contribution in [2.45, 2.75) is 18.4 Å². The molecule has 0 aliphatic heterocycles. The lowest BCUT2D eigenvalue weighted by Crippen LogP contribution is -2.23. The molecule has 0 unspecified atom stereocenters. The minimum absolute atomic E-state index is 0.00511. The summed E-state index contributed by atoms with van der Waals surface area (Å²) >= 11 is 13.1. The average molecular weight is 337 g/mol. The standard InChI is InChI=1S/C11H10Cl2N2O2S2/c1-7-15-9(6-18-7)5-14-19(16,17)11-3-2-8(12)4-10(11)13/h2-4,6,14H,5H2,1H3. The van der Waals surface area contributed by atoms with Gasteiger partial charge in [-0.25, -0.2) is 18.1 Å². The van der Waals surface area contributed by atoms with Crippen LogP contribution in [0.2, 0.25) is 10.0 Å². The van der Waals surface area contributed by atoms with Crippen molar-refractivity contribution in [3.05, 3.63) is 44.3 Å². The molecule has 1 aromatic heterocycles. The first-order valence-corrected chi connectivity index (χ1v) is 8.36. The van der Waals surface area contributed by atoms with Gasteiger partial charge < -0.3 is 0 Å². The second kappa shape index (κ2) is 5.76. The maximum Gasteiger partial charge on any atom is 0.242 e. The number of nitrogens with zero attached hydrogens (tertiary/aromatic N) is 1. The summed E-state index contributed by atoms with van der Waals surface area (Å²) in [6.45, 7) is 1.99. The molecule has 2 rings (SSSR count). The molecule has 4 nitrogen and oxygen atoms in total. The highest BCUT2D eigenvalue weighted by molar-refractivity contribution is 7.89.